The molecule has 0 aliphatic carbocycles. The molecule has 0 saturated heterocycles. The molecule has 0 amide bonds. The van der Waals surface area contributed by atoms with Gasteiger partial charge in [-0.2, -0.15) is 0 Å². The van der Waals surface area contributed by atoms with Gasteiger partial charge in [0.2, 0.25) is 0 Å². The van der Waals surface area contributed by atoms with E-state index in [1.54, 1.807) is 0 Å². The van der Waals surface area contributed by atoms with Crippen molar-refractivity contribution < 1.29 is 0 Å². The summed E-state index contributed by atoms with van der Waals surface area (Å²) >= 11 is 0. The van der Waals surface area contributed by atoms with Crippen molar-refractivity contribution in [3.8, 4) is 11.4 Å². The number of benzene rings is 1. The molecule has 1 aromatic carbocycles. The molecule has 0 unspecified atom stereocenters. The Labute approximate surface area is 95.4 Å². The molecule has 0 radical (unpaired) electrons. The zero-order valence-electron chi connectivity index (χ0n) is 9.35. The van der Waals surface area contributed by atoms with E-state index < -0.39 is 0 Å². The number of aromatic nitrogens is 2. The van der Waals surface area contributed by atoms with Crippen LogP contribution in [0.1, 0.15) is 11.1 Å². The molecular formula is C13H15N3. The Bertz CT molecular complexity index is 463. The van der Waals surface area contributed by atoms with Gasteiger partial charge in [0, 0.05) is 18.0 Å². The van der Waals surface area contributed by atoms with Gasteiger partial charge in [0.15, 0.2) is 5.82 Å². The van der Waals surface area contributed by atoms with Crippen molar-refractivity contribution in [1.29, 1.82) is 0 Å². The summed E-state index contributed by atoms with van der Waals surface area (Å²) in [5.41, 5.74) is 8.94. The van der Waals surface area contributed by atoms with E-state index in [0.29, 0.717) is 6.54 Å². The van der Waals surface area contributed by atoms with Gasteiger partial charge in [-0.25, -0.2) is 9.97 Å². The molecule has 3 heteroatoms. The van der Waals surface area contributed by atoms with Crippen LogP contribution in [0.2, 0.25) is 0 Å². The van der Waals surface area contributed by atoms with Crippen LogP contribution in [0.4, 0.5) is 0 Å². The molecule has 82 valence electrons. The molecular weight excluding hydrogens is 198 g/mol. The van der Waals surface area contributed by atoms with Crippen LogP contribution in [0.25, 0.3) is 11.4 Å². The topological polar surface area (TPSA) is 51.8 Å². The lowest BCUT2D eigenvalue weighted by Gasteiger charge is -2.06. The van der Waals surface area contributed by atoms with Crippen LogP contribution in [0.3, 0.4) is 0 Å². The Morgan fingerprint density at radius 1 is 1.12 bits per heavy atom. The highest BCUT2D eigenvalue weighted by atomic mass is 14.9. The largest absolute Gasteiger partial charge is 0.330 e. The van der Waals surface area contributed by atoms with Crippen LogP contribution >= 0.6 is 0 Å². The van der Waals surface area contributed by atoms with E-state index >= 15 is 0 Å². The molecule has 2 rings (SSSR count). The van der Waals surface area contributed by atoms with E-state index in [4.69, 9.17) is 5.73 Å². The zero-order chi connectivity index (χ0) is 11.4. The molecule has 1 aromatic heterocycles. The van der Waals surface area contributed by atoms with Gasteiger partial charge >= 0.3 is 0 Å². The molecule has 0 aliphatic rings. The van der Waals surface area contributed by atoms with Crippen molar-refractivity contribution in [3.63, 3.8) is 0 Å². The number of nitrogens with two attached hydrogens (primary N) is 1. The fourth-order valence-corrected chi connectivity index (χ4v) is 1.64. The summed E-state index contributed by atoms with van der Waals surface area (Å²) in [5.74, 6) is 0.773. The Morgan fingerprint density at radius 2 is 1.81 bits per heavy atom. The molecule has 0 aliphatic heterocycles. The Morgan fingerprint density at radius 3 is 2.50 bits per heavy atom. The van der Waals surface area contributed by atoms with Crippen LogP contribution < -0.4 is 5.73 Å². The molecule has 0 fully saturated rings. The van der Waals surface area contributed by atoms with Crippen LogP contribution in [0, 0.1) is 6.92 Å². The predicted octanol–water partition coefficient (Wildman–Crippen LogP) is 1.95. The first-order valence-corrected chi connectivity index (χ1v) is 5.38. The third kappa shape index (κ3) is 2.25. The van der Waals surface area contributed by atoms with Crippen molar-refractivity contribution in [2.24, 2.45) is 5.73 Å². The van der Waals surface area contributed by atoms with Crippen molar-refractivity contribution in [2.75, 3.05) is 6.54 Å². The number of aryl methyl sites for hydroxylation is 1. The smallest absolute Gasteiger partial charge is 0.159 e. The third-order valence-electron chi connectivity index (χ3n) is 2.45. The van der Waals surface area contributed by atoms with E-state index in [2.05, 4.69) is 16.0 Å². The van der Waals surface area contributed by atoms with Crippen LogP contribution in [0.15, 0.2) is 36.7 Å². The lowest BCUT2D eigenvalue weighted by atomic mass is 10.0. The lowest BCUT2D eigenvalue weighted by molar-refractivity contribution is 0.966. The normalized spacial score (nSPS) is 10.4. The lowest BCUT2D eigenvalue weighted by Crippen LogP contribution is -2.04. The number of rotatable bonds is 3. The molecule has 2 aromatic rings. The second-order valence-corrected chi connectivity index (χ2v) is 3.78. The van der Waals surface area contributed by atoms with E-state index in [9.17, 15) is 0 Å². The monoisotopic (exact) mass is 213 g/mol. The van der Waals surface area contributed by atoms with E-state index in [1.807, 2.05) is 37.5 Å². The molecule has 3 nitrogen and oxygen atoms in total. The van der Waals surface area contributed by atoms with E-state index in [1.165, 1.54) is 5.56 Å². The fourth-order valence-electron chi connectivity index (χ4n) is 1.64. The highest BCUT2D eigenvalue weighted by molar-refractivity contribution is 5.59. The fraction of sp³-hybridized carbons (Fsp3) is 0.231. The van der Waals surface area contributed by atoms with Gasteiger partial charge in [-0.1, -0.05) is 24.3 Å². The first kappa shape index (κ1) is 10.8. The number of hydrogen-bond donors (Lipinski definition) is 1. The predicted molar refractivity (Wildman–Crippen MR) is 65.0 cm³/mol. The zero-order valence-corrected chi connectivity index (χ0v) is 9.35. The Balaban J connectivity index is 2.42. The molecule has 0 spiro atoms. The Kier molecular flexibility index (Phi) is 3.27. The number of nitrogens with zero attached hydrogens (tertiary/aromatic N) is 2. The van der Waals surface area contributed by atoms with Gasteiger partial charge in [0.05, 0.1) is 0 Å². The van der Waals surface area contributed by atoms with Crippen LogP contribution in [0.5, 0.6) is 0 Å². The van der Waals surface area contributed by atoms with Crippen LogP contribution in [-0.4, -0.2) is 16.5 Å². The van der Waals surface area contributed by atoms with Crippen molar-refractivity contribution in [1.82, 2.24) is 9.97 Å². The summed E-state index contributed by atoms with van der Waals surface area (Å²) in [5, 5.41) is 0. The maximum absolute atomic E-state index is 5.59. The molecule has 1 heterocycles. The van der Waals surface area contributed by atoms with Gasteiger partial charge in [-0.3, -0.25) is 0 Å². The second-order valence-electron chi connectivity index (χ2n) is 3.78. The average molecular weight is 213 g/mol. The minimum absolute atomic E-state index is 0.642. The highest BCUT2D eigenvalue weighted by Crippen LogP contribution is 2.19. The van der Waals surface area contributed by atoms with Crippen molar-refractivity contribution in [2.45, 2.75) is 13.3 Å². The highest BCUT2D eigenvalue weighted by Gasteiger charge is 2.05. The number of hydrogen-bond acceptors (Lipinski definition) is 3. The quantitative estimate of drug-likeness (QED) is 0.847. The van der Waals surface area contributed by atoms with Crippen molar-refractivity contribution >= 4 is 0 Å². The Hall–Kier alpha value is -1.74. The van der Waals surface area contributed by atoms with Gasteiger partial charge in [-0.15, -0.1) is 0 Å². The molecule has 0 saturated carbocycles. The summed E-state index contributed by atoms with van der Waals surface area (Å²) in [4.78, 5) is 8.68. The average Bonchev–Trinajstić information content (AvgIpc) is 2.32. The molecule has 0 atom stereocenters. The van der Waals surface area contributed by atoms with Gasteiger partial charge < -0.3 is 5.73 Å². The summed E-state index contributed by atoms with van der Waals surface area (Å²) in [6.07, 6.45) is 4.52. The van der Waals surface area contributed by atoms with E-state index in [-0.39, 0.29) is 0 Å². The molecule has 0 bridgehead atoms. The van der Waals surface area contributed by atoms with Crippen molar-refractivity contribution in [3.05, 3.63) is 47.8 Å². The van der Waals surface area contributed by atoms with Gasteiger partial charge in [0.1, 0.15) is 0 Å². The maximum atomic E-state index is 5.59. The summed E-state index contributed by atoms with van der Waals surface area (Å²) < 4.78 is 0. The minimum Gasteiger partial charge on any atom is -0.330 e. The minimum atomic E-state index is 0.642. The van der Waals surface area contributed by atoms with E-state index in [0.717, 1.165) is 23.4 Å². The van der Waals surface area contributed by atoms with Gasteiger partial charge in [-0.05, 0) is 31.0 Å². The third-order valence-corrected chi connectivity index (χ3v) is 2.45. The summed E-state index contributed by atoms with van der Waals surface area (Å²) in [6, 6.07) is 8.13. The maximum Gasteiger partial charge on any atom is 0.159 e. The van der Waals surface area contributed by atoms with Gasteiger partial charge in [0.25, 0.3) is 0 Å². The van der Waals surface area contributed by atoms with Crippen LogP contribution in [-0.2, 0) is 6.42 Å². The second kappa shape index (κ2) is 4.86. The summed E-state index contributed by atoms with van der Waals surface area (Å²) in [6.45, 7) is 2.62. The molecule has 16 heavy (non-hydrogen) atoms. The standard InChI is InChI=1S/C13H15N3/c1-10-8-15-13(16-9-10)12-5-3-2-4-11(12)6-7-14/h2-5,8-9H,6-7,14H2,1H3. The summed E-state index contributed by atoms with van der Waals surface area (Å²) in [7, 11) is 0. The first-order chi connectivity index (χ1) is 7.81. The first-order valence-electron chi connectivity index (χ1n) is 5.38. The molecule has 2 N–H and O–H groups in total. The SMILES string of the molecule is Cc1cnc(-c2ccccc2CCN)nc1.